The van der Waals surface area contributed by atoms with E-state index in [4.69, 9.17) is 19.9 Å². The predicted octanol–water partition coefficient (Wildman–Crippen LogP) is 1.91. The first-order chi connectivity index (χ1) is 17.7. The number of hydrogen-bond acceptors (Lipinski definition) is 8. The largest absolute Gasteiger partial charge is 0.497 e. The minimum atomic E-state index is -4.14. The highest BCUT2D eigenvalue weighted by atomic mass is 32.2. The molecule has 0 aliphatic heterocycles. The number of anilines is 1. The summed E-state index contributed by atoms with van der Waals surface area (Å²) in [6, 6.07) is 18.8. The fraction of sp³-hybridized carbons (Fsp3) is 0.160. The molecule has 0 atom stereocenters. The van der Waals surface area contributed by atoms with Crippen LogP contribution in [-0.4, -0.2) is 53.8 Å². The summed E-state index contributed by atoms with van der Waals surface area (Å²) in [5.41, 5.74) is 8.16. The van der Waals surface area contributed by atoms with Crippen LogP contribution in [0.1, 0.15) is 5.56 Å². The van der Waals surface area contributed by atoms with E-state index in [0.29, 0.717) is 17.1 Å². The first-order valence-corrected chi connectivity index (χ1v) is 12.3. The predicted molar refractivity (Wildman–Crippen MR) is 137 cm³/mol. The second-order valence-corrected chi connectivity index (χ2v) is 9.34. The number of methoxy groups -OCH3 is 2. The van der Waals surface area contributed by atoms with Crippen LogP contribution in [0, 0.1) is 0 Å². The van der Waals surface area contributed by atoms with Gasteiger partial charge in [0.2, 0.25) is 0 Å². The fourth-order valence-electron chi connectivity index (χ4n) is 3.16. The topological polar surface area (TPSA) is 150 Å². The molecule has 3 aromatic rings. The van der Waals surface area contributed by atoms with Gasteiger partial charge >= 0.3 is 0 Å². The third kappa shape index (κ3) is 7.21. The minimum absolute atomic E-state index is 0.00261. The molecule has 0 heterocycles. The Bertz CT molecular complexity index is 1360. The summed E-state index contributed by atoms with van der Waals surface area (Å²) in [7, 11) is -1.28. The smallest absolute Gasteiger partial charge is 0.264 e. The van der Waals surface area contributed by atoms with E-state index in [1.165, 1.54) is 44.7 Å². The Morgan fingerprint density at radius 3 is 2.27 bits per heavy atom. The van der Waals surface area contributed by atoms with Crippen LogP contribution < -0.4 is 29.7 Å². The van der Waals surface area contributed by atoms with E-state index >= 15 is 0 Å². The summed E-state index contributed by atoms with van der Waals surface area (Å²) in [6.07, 6.45) is 1.37. The number of hydrazone groups is 1. The molecule has 3 rings (SSSR count). The van der Waals surface area contributed by atoms with Gasteiger partial charge in [-0.2, -0.15) is 5.10 Å². The molecule has 194 valence electrons. The highest BCUT2D eigenvalue weighted by molar-refractivity contribution is 7.92. The van der Waals surface area contributed by atoms with Crippen molar-refractivity contribution < 1.29 is 32.2 Å². The molecular weight excluding hydrogens is 500 g/mol. The summed E-state index contributed by atoms with van der Waals surface area (Å²) in [4.78, 5) is 23.6. The van der Waals surface area contributed by atoms with Crippen LogP contribution in [0.15, 0.2) is 82.8 Å². The zero-order valence-corrected chi connectivity index (χ0v) is 21.0. The van der Waals surface area contributed by atoms with Crippen molar-refractivity contribution in [3.63, 3.8) is 0 Å². The second-order valence-electron chi connectivity index (χ2n) is 7.48. The number of amides is 2. The van der Waals surface area contributed by atoms with Crippen molar-refractivity contribution in [3.8, 4) is 17.2 Å². The number of nitrogens with one attached hydrogen (secondary N) is 1. The van der Waals surface area contributed by atoms with Gasteiger partial charge < -0.3 is 19.9 Å². The molecular formula is C25H26N4O7S. The molecule has 2 amide bonds. The summed E-state index contributed by atoms with van der Waals surface area (Å²) in [5, 5.41) is 3.90. The number of benzene rings is 3. The molecule has 0 spiro atoms. The van der Waals surface area contributed by atoms with Crippen molar-refractivity contribution in [1.82, 2.24) is 5.43 Å². The van der Waals surface area contributed by atoms with Crippen molar-refractivity contribution in [3.05, 3.63) is 78.4 Å². The molecule has 0 bridgehead atoms. The standard InChI is InChI=1S/C25H26N4O7S/c1-34-20-12-13-22(23(14-20)35-2)29(37(32,33)21-6-4-3-5-7-21)16-25(31)28-27-15-18-8-10-19(11-9-18)36-17-24(26)30/h3-15H,16-17H2,1-2H3,(H2,26,30)(H,28,31)/b27-15-. The van der Waals surface area contributed by atoms with Gasteiger partial charge in [0.15, 0.2) is 6.61 Å². The Morgan fingerprint density at radius 2 is 1.65 bits per heavy atom. The quantitative estimate of drug-likeness (QED) is 0.270. The van der Waals surface area contributed by atoms with Crippen LogP contribution in [-0.2, 0) is 19.6 Å². The summed E-state index contributed by atoms with van der Waals surface area (Å²) < 4.78 is 43.7. The van der Waals surface area contributed by atoms with E-state index in [2.05, 4.69) is 10.5 Å². The first kappa shape index (κ1) is 27.0. The lowest BCUT2D eigenvalue weighted by atomic mass is 10.2. The highest BCUT2D eigenvalue weighted by Crippen LogP contribution is 2.35. The van der Waals surface area contributed by atoms with E-state index in [1.54, 1.807) is 48.5 Å². The lowest BCUT2D eigenvalue weighted by molar-refractivity contribution is -0.120. The molecule has 11 nitrogen and oxygen atoms in total. The van der Waals surface area contributed by atoms with E-state index in [1.807, 2.05) is 0 Å². The number of nitrogens with zero attached hydrogens (tertiary/aromatic N) is 2. The molecule has 0 unspecified atom stereocenters. The summed E-state index contributed by atoms with van der Waals surface area (Å²) in [5.74, 6) is -0.180. The van der Waals surface area contributed by atoms with Gasteiger partial charge in [0.25, 0.3) is 21.8 Å². The van der Waals surface area contributed by atoms with Crippen LogP contribution >= 0.6 is 0 Å². The maximum Gasteiger partial charge on any atom is 0.264 e. The fourth-order valence-corrected chi connectivity index (χ4v) is 4.61. The Balaban J connectivity index is 1.80. The Hall–Kier alpha value is -4.58. The molecule has 0 aromatic heterocycles. The molecule has 0 aliphatic rings. The van der Waals surface area contributed by atoms with Gasteiger partial charge in [-0.3, -0.25) is 13.9 Å². The van der Waals surface area contributed by atoms with Crippen LogP contribution in [0.2, 0.25) is 0 Å². The summed E-state index contributed by atoms with van der Waals surface area (Å²) >= 11 is 0. The van der Waals surface area contributed by atoms with Crippen LogP contribution in [0.5, 0.6) is 17.2 Å². The molecule has 12 heteroatoms. The molecule has 0 saturated carbocycles. The number of carbonyl (C=O) groups excluding carboxylic acids is 2. The molecule has 3 N–H and O–H groups in total. The van der Waals surface area contributed by atoms with Crippen molar-refractivity contribution in [2.75, 3.05) is 31.7 Å². The number of rotatable bonds is 12. The van der Waals surface area contributed by atoms with Crippen molar-refractivity contribution in [1.29, 1.82) is 0 Å². The Kier molecular flexibility index (Phi) is 9.05. The monoisotopic (exact) mass is 526 g/mol. The van der Waals surface area contributed by atoms with Gasteiger partial charge in [0, 0.05) is 6.07 Å². The van der Waals surface area contributed by atoms with Crippen molar-refractivity contribution in [2.24, 2.45) is 10.8 Å². The highest BCUT2D eigenvalue weighted by Gasteiger charge is 2.29. The average molecular weight is 527 g/mol. The maximum absolute atomic E-state index is 13.5. The number of sulfonamides is 1. The third-order valence-electron chi connectivity index (χ3n) is 4.94. The van der Waals surface area contributed by atoms with Crippen LogP contribution in [0.25, 0.3) is 0 Å². The molecule has 0 saturated heterocycles. The van der Waals surface area contributed by atoms with Gasteiger partial charge in [0.05, 0.1) is 31.0 Å². The Morgan fingerprint density at radius 1 is 0.973 bits per heavy atom. The van der Waals surface area contributed by atoms with E-state index < -0.39 is 28.4 Å². The average Bonchev–Trinajstić information content (AvgIpc) is 2.91. The first-order valence-electron chi connectivity index (χ1n) is 10.9. The summed E-state index contributed by atoms with van der Waals surface area (Å²) in [6.45, 7) is -0.817. The molecule has 0 aliphatic carbocycles. The molecule has 0 fully saturated rings. The SMILES string of the molecule is COc1ccc(N(CC(=O)N/N=C\c2ccc(OCC(N)=O)cc2)S(=O)(=O)c2ccccc2)c(OC)c1. The number of nitrogens with two attached hydrogens (primary N) is 1. The lowest BCUT2D eigenvalue weighted by Gasteiger charge is -2.25. The van der Waals surface area contributed by atoms with Crippen molar-refractivity contribution >= 4 is 33.7 Å². The molecule has 3 aromatic carbocycles. The third-order valence-corrected chi connectivity index (χ3v) is 6.71. The second kappa shape index (κ2) is 12.4. The van der Waals surface area contributed by atoms with E-state index in [9.17, 15) is 18.0 Å². The van der Waals surface area contributed by atoms with E-state index in [-0.39, 0.29) is 22.9 Å². The minimum Gasteiger partial charge on any atom is -0.497 e. The maximum atomic E-state index is 13.5. The van der Waals surface area contributed by atoms with E-state index in [0.717, 1.165) is 4.31 Å². The van der Waals surface area contributed by atoms with Crippen molar-refractivity contribution in [2.45, 2.75) is 4.90 Å². The number of ether oxygens (including phenoxy) is 3. The van der Waals surface area contributed by atoms with Crippen LogP contribution in [0.4, 0.5) is 5.69 Å². The number of primary amides is 1. The van der Waals surface area contributed by atoms with Gasteiger partial charge in [-0.05, 0) is 54.1 Å². The van der Waals surface area contributed by atoms with Gasteiger partial charge in [0.1, 0.15) is 23.8 Å². The number of carbonyl (C=O) groups is 2. The normalized spacial score (nSPS) is 11.1. The lowest BCUT2D eigenvalue weighted by Crippen LogP contribution is -2.39. The van der Waals surface area contributed by atoms with Crippen LogP contribution in [0.3, 0.4) is 0 Å². The van der Waals surface area contributed by atoms with Gasteiger partial charge in [-0.1, -0.05) is 18.2 Å². The zero-order valence-electron chi connectivity index (χ0n) is 20.2. The van der Waals surface area contributed by atoms with Gasteiger partial charge in [-0.15, -0.1) is 0 Å². The Labute approximate surface area is 214 Å². The molecule has 0 radical (unpaired) electrons. The zero-order chi connectivity index (χ0) is 26.8. The molecule has 37 heavy (non-hydrogen) atoms. The number of hydrogen-bond donors (Lipinski definition) is 2. The van der Waals surface area contributed by atoms with Gasteiger partial charge in [-0.25, -0.2) is 13.8 Å².